The van der Waals surface area contributed by atoms with Crippen molar-refractivity contribution in [1.82, 2.24) is 0 Å². The molecule has 0 atom stereocenters. The molecule has 2 aliphatic rings. The minimum atomic E-state index is -4.99. The SMILES string of the molecule is CC1=C(Br)C2(CCC(N(C(=O)C(F)(F)F)c3cccc(Cl)c3)CC2)c2cc(O)ccc21. The molecule has 0 aliphatic heterocycles. The normalized spacial score (nSPS) is 23.2. The molecule has 0 bridgehead atoms. The zero-order chi connectivity index (χ0) is 22.6. The van der Waals surface area contributed by atoms with E-state index in [4.69, 9.17) is 11.6 Å². The second kappa shape index (κ2) is 7.85. The number of anilines is 1. The summed E-state index contributed by atoms with van der Waals surface area (Å²) in [7, 11) is 0. The molecule has 3 nitrogen and oxygen atoms in total. The number of allylic oxidation sites excluding steroid dienone is 2. The zero-order valence-electron chi connectivity index (χ0n) is 16.6. The molecular weight excluding hydrogens is 495 g/mol. The molecule has 0 aromatic heterocycles. The number of rotatable bonds is 2. The van der Waals surface area contributed by atoms with Crippen LogP contribution in [0, 0.1) is 0 Å². The number of aromatic hydroxyl groups is 1. The van der Waals surface area contributed by atoms with Crippen molar-refractivity contribution in [2.24, 2.45) is 0 Å². The lowest BCUT2D eigenvalue weighted by Gasteiger charge is -2.43. The Bertz CT molecular complexity index is 1070. The van der Waals surface area contributed by atoms with Crippen LogP contribution in [0.15, 0.2) is 46.9 Å². The monoisotopic (exact) mass is 513 g/mol. The quantitative estimate of drug-likeness (QED) is 0.471. The minimum absolute atomic E-state index is 0.144. The predicted octanol–water partition coefficient (Wildman–Crippen LogP) is 6.96. The van der Waals surface area contributed by atoms with Gasteiger partial charge in [-0.1, -0.05) is 39.7 Å². The third-order valence-electron chi connectivity index (χ3n) is 6.39. The summed E-state index contributed by atoms with van der Waals surface area (Å²) in [5.74, 6) is -1.73. The van der Waals surface area contributed by atoms with Gasteiger partial charge in [0.05, 0.1) is 0 Å². The van der Waals surface area contributed by atoms with Gasteiger partial charge in [-0.2, -0.15) is 13.2 Å². The average molecular weight is 515 g/mol. The molecule has 164 valence electrons. The van der Waals surface area contributed by atoms with Crippen molar-refractivity contribution in [2.75, 3.05) is 4.90 Å². The number of benzene rings is 2. The molecular formula is C23H20BrClF3NO2. The summed E-state index contributed by atoms with van der Waals surface area (Å²) in [4.78, 5) is 13.2. The van der Waals surface area contributed by atoms with Crippen molar-refractivity contribution in [3.63, 3.8) is 0 Å². The maximum atomic E-state index is 13.4. The second-order valence-electron chi connectivity index (χ2n) is 8.13. The fourth-order valence-corrected chi connectivity index (χ4v) is 5.96. The maximum absolute atomic E-state index is 13.4. The molecule has 1 amide bonds. The number of hydrogen-bond acceptors (Lipinski definition) is 2. The van der Waals surface area contributed by atoms with E-state index < -0.39 is 23.5 Å². The van der Waals surface area contributed by atoms with E-state index >= 15 is 0 Å². The Balaban J connectivity index is 1.68. The largest absolute Gasteiger partial charge is 0.508 e. The lowest BCUT2D eigenvalue weighted by molar-refractivity contribution is -0.171. The van der Waals surface area contributed by atoms with E-state index in [0.717, 1.165) is 26.1 Å². The number of carbonyl (C=O) groups excluding carboxylic acids is 1. The minimum Gasteiger partial charge on any atom is -0.508 e. The first-order valence-electron chi connectivity index (χ1n) is 9.91. The van der Waals surface area contributed by atoms with Crippen LogP contribution in [0.4, 0.5) is 18.9 Å². The highest BCUT2D eigenvalue weighted by Crippen LogP contribution is 2.57. The van der Waals surface area contributed by atoms with Crippen molar-refractivity contribution < 1.29 is 23.1 Å². The molecule has 1 saturated carbocycles. The number of hydrogen-bond donors (Lipinski definition) is 1. The lowest BCUT2D eigenvalue weighted by atomic mass is 9.69. The molecule has 8 heteroatoms. The van der Waals surface area contributed by atoms with Crippen LogP contribution in [0.3, 0.4) is 0 Å². The van der Waals surface area contributed by atoms with Crippen LogP contribution >= 0.6 is 27.5 Å². The highest BCUT2D eigenvalue weighted by atomic mass is 79.9. The van der Waals surface area contributed by atoms with Gasteiger partial charge in [0.15, 0.2) is 0 Å². The number of nitrogens with zero attached hydrogens (tertiary/aromatic N) is 1. The van der Waals surface area contributed by atoms with Crippen molar-refractivity contribution >= 4 is 44.7 Å². The van der Waals surface area contributed by atoms with Gasteiger partial charge >= 0.3 is 12.1 Å². The third kappa shape index (κ3) is 3.76. The first-order valence-corrected chi connectivity index (χ1v) is 11.1. The van der Waals surface area contributed by atoms with E-state index in [1.807, 2.05) is 13.0 Å². The molecule has 0 saturated heterocycles. The van der Waals surface area contributed by atoms with Crippen molar-refractivity contribution in [3.05, 3.63) is 63.1 Å². The standard InChI is InChI=1S/C23H20BrClF3NO2/c1-13-18-6-5-17(30)12-19(18)22(20(13)24)9-7-15(8-10-22)29(21(31)23(26,27)28)16-4-2-3-14(25)11-16/h2-6,11-12,15,30H,7-10H2,1H3. The topological polar surface area (TPSA) is 40.5 Å². The summed E-state index contributed by atoms with van der Waals surface area (Å²) < 4.78 is 41.3. The van der Waals surface area contributed by atoms with Crippen molar-refractivity contribution in [2.45, 2.75) is 50.2 Å². The van der Waals surface area contributed by atoms with E-state index in [-0.39, 0.29) is 16.5 Å². The predicted molar refractivity (Wildman–Crippen MR) is 119 cm³/mol. The van der Waals surface area contributed by atoms with E-state index in [1.165, 1.54) is 18.2 Å². The molecule has 1 fully saturated rings. The summed E-state index contributed by atoms with van der Waals surface area (Å²) in [5, 5.41) is 10.3. The van der Waals surface area contributed by atoms with Crippen molar-refractivity contribution in [1.29, 1.82) is 0 Å². The Morgan fingerprint density at radius 1 is 1.19 bits per heavy atom. The molecule has 2 aliphatic carbocycles. The highest BCUT2D eigenvalue weighted by Gasteiger charge is 2.50. The van der Waals surface area contributed by atoms with E-state index in [9.17, 15) is 23.1 Å². The van der Waals surface area contributed by atoms with Crippen LogP contribution in [0.25, 0.3) is 5.57 Å². The first-order chi connectivity index (χ1) is 14.5. The van der Waals surface area contributed by atoms with Crippen LogP contribution in [-0.2, 0) is 10.2 Å². The van der Waals surface area contributed by atoms with Crippen LogP contribution in [-0.4, -0.2) is 23.2 Å². The van der Waals surface area contributed by atoms with Crippen LogP contribution in [0.1, 0.15) is 43.7 Å². The Labute approximate surface area is 191 Å². The smallest absolute Gasteiger partial charge is 0.471 e. The lowest BCUT2D eigenvalue weighted by Crippen LogP contribution is -2.50. The first kappa shape index (κ1) is 22.2. The van der Waals surface area contributed by atoms with Gasteiger partial charge in [0.1, 0.15) is 5.75 Å². The van der Waals surface area contributed by atoms with Gasteiger partial charge < -0.3 is 10.0 Å². The number of phenols is 1. The summed E-state index contributed by atoms with van der Waals surface area (Å²) in [6.45, 7) is 1.99. The average Bonchev–Trinajstić information content (AvgIpc) is 2.91. The van der Waals surface area contributed by atoms with Gasteiger partial charge in [0.2, 0.25) is 0 Å². The summed E-state index contributed by atoms with van der Waals surface area (Å²) in [5.41, 5.74) is 2.81. The van der Waals surface area contributed by atoms with Gasteiger partial charge in [-0.3, -0.25) is 4.79 Å². The molecule has 1 N–H and O–H groups in total. The fraction of sp³-hybridized carbons (Fsp3) is 0.348. The van der Waals surface area contributed by atoms with E-state index in [1.54, 1.807) is 18.2 Å². The summed E-state index contributed by atoms with van der Waals surface area (Å²) in [6, 6.07) is 10.6. The number of phenolic OH excluding ortho intramolecular Hbond substituents is 1. The molecule has 2 aromatic carbocycles. The Morgan fingerprint density at radius 3 is 2.48 bits per heavy atom. The van der Waals surface area contributed by atoms with Crippen LogP contribution in [0.5, 0.6) is 5.75 Å². The number of halogens is 5. The van der Waals surface area contributed by atoms with E-state index in [2.05, 4.69) is 15.9 Å². The maximum Gasteiger partial charge on any atom is 0.471 e. The summed E-state index contributed by atoms with van der Waals surface area (Å²) in [6.07, 6.45) is -3.12. The second-order valence-corrected chi connectivity index (χ2v) is 9.36. The molecule has 4 rings (SSSR count). The Hall–Kier alpha value is -1.99. The Kier molecular flexibility index (Phi) is 5.63. The third-order valence-corrected chi connectivity index (χ3v) is 7.98. The van der Waals surface area contributed by atoms with Gasteiger partial charge in [-0.05, 0) is 79.6 Å². The number of amides is 1. The number of carbonyl (C=O) groups is 1. The van der Waals surface area contributed by atoms with Gasteiger partial charge in [-0.15, -0.1) is 0 Å². The molecule has 0 heterocycles. The van der Waals surface area contributed by atoms with Crippen LogP contribution in [0.2, 0.25) is 5.02 Å². The van der Waals surface area contributed by atoms with Crippen LogP contribution < -0.4 is 4.90 Å². The molecule has 2 aromatic rings. The Morgan fingerprint density at radius 2 is 1.87 bits per heavy atom. The molecule has 1 spiro atoms. The summed E-state index contributed by atoms with van der Waals surface area (Å²) >= 11 is 9.72. The number of fused-ring (bicyclic) bond motifs is 2. The fourth-order valence-electron chi connectivity index (χ4n) is 4.95. The van der Waals surface area contributed by atoms with E-state index in [0.29, 0.717) is 25.7 Å². The van der Waals surface area contributed by atoms with Gasteiger partial charge in [0, 0.05) is 26.6 Å². The number of alkyl halides is 3. The van der Waals surface area contributed by atoms with Crippen molar-refractivity contribution in [3.8, 4) is 5.75 Å². The van der Waals surface area contributed by atoms with Gasteiger partial charge in [-0.25, -0.2) is 0 Å². The molecule has 0 unspecified atom stereocenters. The highest BCUT2D eigenvalue weighted by molar-refractivity contribution is 9.12. The molecule has 0 radical (unpaired) electrons. The zero-order valence-corrected chi connectivity index (χ0v) is 19.0. The molecule has 31 heavy (non-hydrogen) atoms. The van der Waals surface area contributed by atoms with Gasteiger partial charge in [0.25, 0.3) is 0 Å².